The van der Waals surface area contributed by atoms with Crippen molar-refractivity contribution in [2.24, 2.45) is 11.8 Å². The van der Waals surface area contributed by atoms with E-state index in [1.54, 1.807) is 0 Å². The van der Waals surface area contributed by atoms with Crippen molar-refractivity contribution in [3.05, 3.63) is 0 Å². The first-order chi connectivity index (χ1) is 6.90. The van der Waals surface area contributed by atoms with Gasteiger partial charge in [-0.25, -0.2) is 0 Å². The Morgan fingerprint density at radius 3 is 2.40 bits per heavy atom. The smallest absolute Gasteiger partial charge is 0.309 e. The maximum atomic E-state index is 11.0. The highest BCUT2D eigenvalue weighted by Crippen LogP contribution is 2.43. The molecule has 88 valence electrons. The molecule has 1 unspecified atom stereocenters. The number of aliphatic hydroxyl groups is 1. The fourth-order valence-electron chi connectivity index (χ4n) is 2.47. The molecule has 1 rings (SSSR count). The van der Waals surface area contributed by atoms with Crippen LogP contribution in [0.2, 0.25) is 0 Å². The van der Waals surface area contributed by atoms with E-state index in [9.17, 15) is 9.90 Å². The zero-order valence-electron chi connectivity index (χ0n) is 9.56. The number of carboxylic acids is 1. The van der Waals surface area contributed by atoms with Crippen molar-refractivity contribution in [1.82, 2.24) is 0 Å². The van der Waals surface area contributed by atoms with Crippen molar-refractivity contribution in [1.29, 1.82) is 0 Å². The van der Waals surface area contributed by atoms with Crippen LogP contribution in [0.4, 0.5) is 0 Å². The Bertz CT molecular complexity index is 231. The first kappa shape index (κ1) is 12.5. The molecule has 0 spiro atoms. The van der Waals surface area contributed by atoms with Crippen molar-refractivity contribution in [2.75, 3.05) is 6.61 Å². The lowest BCUT2D eigenvalue weighted by Gasteiger charge is -2.47. The van der Waals surface area contributed by atoms with Crippen LogP contribution < -0.4 is 0 Å². The first-order valence-electron chi connectivity index (χ1n) is 5.47. The molecule has 0 heterocycles. The average Bonchev–Trinajstić information content (AvgIpc) is 1.99. The molecule has 0 aromatic rings. The lowest BCUT2D eigenvalue weighted by molar-refractivity contribution is -0.190. The van der Waals surface area contributed by atoms with Gasteiger partial charge in [0.15, 0.2) is 0 Å². The van der Waals surface area contributed by atoms with E-state index in [0.29, 0.717) is 19.4 Å². The van der Waals surface area contributed by atoms with Crippen molar-refractivity contribution in [2.45, 2.75) is 45.3 Å². The van der Waals surface area contributed by atoms with Crippen LogP contribution in [0.5, 0.6) is 0 Å². The number of rotatable bonds is 5. The van der Waals surface area contributed by atoms with Crippen LogP contribution in [-0.2, 0) is 9.53 Å². The molecule has 0 saturated heterocycles. The third-order valence-electron chi connectivity index (χ3n) is 3.08. The highest BCUT2D eigenvalue weighted by Gasteiger charge is 2.52. The van der Waals surface area contributed by atoms with E-state index >= 15 is 0 Å². The summed E-state index contributed by atoms with van der Waals surface area (Å²) in [6.07, 6.45) is 0.909. The van der Waals surface area contributed by atoms with Gasteiger partial charge in [-0.05, 0) is 12.8 Å². The van der Waals surface area contributed by atoms with E-state index in [1.165, 1.54) is 0 Å². The van der Waals surface area contributed by atoms with Gasteiger partial charge in [0.2, 0.25) is 0 Å². The van der Waals surface area contributed by atoms with Crippen molar-refractivity contribution >= 4 is 5.97 Å². The third kappa shape index (κ3) is 2.49. The van der Waals surface area contributed by atoms with Crippen LogP contribution in [0.25, 0.3) is 0 Å². The lowest BCUT2D eigenvalue weighted by Crippen LogP contribution is -2.57. The van der Waals surface area contributed by atoms with Gasteiger partial charge < -0.3 is 14.9 Å². The number of carboxylic acid groups (broad SMARTS) is 1. The molecule has 0 aliphatic heterocycles. The molecule has 0 amide bonds. The summed E-state index contributed by atoms with van der Waals surface area (Å²) in [5.74, 6) is -1.66. The van der Waals surface area contributed by atoms with E-state index < -0.39 is 17.5 Å². The number of hydrogen-bond acceptors (Lipinski definition) is 3. The SMILES string of the molecule is CCOC1CC(O)(C(C(=O)O)C(C)C)C1. The van der Waals surface area contributed by atoms with E-state index in [2.05, 4.69) is 0 Å². The number of carbonyl (C=O) groups is 1. The molecule has 1 atom stereocenters. The zero-order valence-corrected chi connectivity index (χ0v) is 9.56. The minimum absolute atomic E-state index is 0.0283. The molecule has 2 N–H and O–H groups in total. The van der Waals surface area contributed by atoms with E-state index in [-0.39, 0.29) is 12.0 Å². The van der Waals surface area contributed by atoms with Gasteiger partial charge in [0.25, 0.3) is 0 Å². The molecule has 0 aromatic heterocycles. The van der Waals surface area contributed by atoms with Crippen LogP contribution in [-0.4, -0.2) is 34.5 Å². The minimum atomic E-state index is -1.07. The van der Waals surface area contributed by atoms with Crippen LogP contribution in [0.3, 0.4) is 0 Å². The van der Waals surface area contributed by atoms with Crippen LogP contribution in [0.1, 0.15) is 33.6 Å². The fourth-order valence-corrected chi connectivity index (χ4v) is 2.47. The Hall–Kier alpha value is -0.610. The molecule has 1 aliphatic rings. The predicted octanol–water partition coefficient (Wildman–Crippen LogP) is 1.27. The molecular formula is C11H20O4. The molecule has 15 heavy (non-hydrogen) atoms. The second-order valence-electron chi connectivity index (χ2n) is 4.65. The van der Waals surface area contributed by atoms with Gasteiger partial charge in [-0.3, -0.25) is 4.79 Å². The maximum Gasteiger partial charge on any atom is 0.309 e. The second kappa shape index (κ2) is 4.49. The van der Waals surface area contributed by atoms with Gasteiger partial charge in [-0.15, -0.1) is 0 Å². The van der Waals surface area contributed by atoms with Gasteiger partial charge in [0.1, 0.15) is 0 Å². The van der Waals surface area contributed by atoms with Crippen molar-refractivity contribution < 1.29 is 19.7 Å². The second-order valence-corrected chi connectivity index (χ2v) is 4.65. The van der Waals surface area contributed by atoms with Crippen LogP contribution >= 0.6 is 0 Å². The summed E-state index contributed by atoms with van der Waals surface area (Å²) in [5, 5.41) is 19.2. The summed E-state index contributed by atoms with van der Waals surface area (Å²) in [4.78, 5) is 11.0. The number of hydrogen-bond donors (Lipinski definition) is 2. The molecule has 4 nitrogen and oxygen atoms in total. The third-order valence-corrected chi connectivity index (χ3v) is 3.08. The maximum absolute atomic E-state index is 11.0. The van der Waals surface area contributed by atoms with Crippen LogP contribution in [0.15, 0.2) is 0 Å². The van der Waals surface area contributed by atoms with Gasteiger partial charge >= 0.3 is 5.97 Å². The Morgan fingerprint density at radius 1 is 1.53 bits per heavy atom. The summed E-state index contributed by atoms with van der Waals surface area (Å²) in [6.45, 7) is 6.16. The van der Waals surface area contributed by atoms with Crippen molar-refractivity contribution in [3.63, 3.8) is 0 Å². The highest BCUT2D eigenvalue weighted by atomic mass is 16.5. The largest absolute Gasteiger partial charge is 0.481 e. The molecule has 0 radical (unpaired) electrons. The quantitative estimate of drug-likeness (QED) is 0.726. The van der Waals surface area contributed by atoms with Gasteiger partial charge in [0.05, 0.1) is 17.6 Å². The fraction of sp³-hybridized carbons (Fsp3) is 0.909. The van der Waals surface area contributed by atoms with Gasteiger partial charge in [-0.1, -0.05) is 13.8 Å². The predicted molar refractivity (Wildman–Crippen MR) is 55.6 cm³/mol. The first-order valence-corrected chi connectivity index (χ1v) is 5.47. The molecule has 0 aromatic carbocycles. The van der Waals surface area contributed by atoms with Crippen LogP contribution in [0, 0.1) is 11.8 Å². The Morgan fingerprint density at radius 2 is 2.07 bits per heavy atom. The number of aliphatic carboxylic acids is 1. The standard InChI is InChI=1S/C11H20O4/c1-4-15-8-5-11(14,6-8)9(7(2)3)10(12)13/h7-9,14H,4-6H2,1-3H3,(H,12,13). The Balaban J connectivity index is 2.59. The summed E-state index contributed by atoms with van der Waals surface area (Å²) < 4.78 is 5.33. The Kier molecular flexibility index (Phi) is 3.73. The summed E-state index contributed by atoms with van der Waals surface area (Å²) >= 11 is 0. The summed E-state index contributed by atoms with van der Waals surface area (Å²) in [7, 11) is 0. The van der Waals surface area contributed by atoms with Crippen molar-refractivity contribution in [3.8, 4) is 0 Å². The minimum Gasteiger partial charge on any atom is -0.481 e. The average molecular weight is 216 g/mol. The molecule has 1 fully saturated rings. The number of ether oxygens (including phenoxy) is 1. The molecule has 1 aliphatic carbocycles. The topological polar surface area (TPSA) is 66.8 Å². The van der Waals surface area contributed by atoms with E-state index in [1.807, 2.05) is 20.8 Å². The zero-order chi connectivity index (χ0) is 11.6. The molecule has 4 heteroatoms. The lowest BCUT2D eigenvalue weighted by atomic mass is 9.65. The highest BCUT2D eigenvalue weighted by molar-refractivity contribution is 5.72. The van der Waals surface area contributed by atoms with Gasteiger partial charge in [-0.2, -0.15) is 0 Å². The summed E-state index contributed by atoms with van der Waals surface area (Å²) in [5.41, 5.74) is -1.07. The molecule has 0 bridgehead atoms. The monoisotopic (exact) mass is 216 g/mol. The van der Waals surface area contributed by atoms with Gasteiger partial charge in [0, 0.05) is 19.4 Å². The van der Waals surface area contributed by atoms with E-state index in [0.717, 1.165) is 0 Å². The summed E-state index contributed by atoms with van der Waals surface area (Å²) in [6, 6.07) is 0. The molecular weight excluding hydrogens is 196 g/mol. The normalized spacial score (nSPS) is 32.5. The van der Waals surface area contributed by atoms with E-state index in [4.69, 9.17) is 9.84 Å². The Labute approximate surface area is 90.2 Å². The molecule has 1 saturated carbocycles.